The van der Waals surface area contributed by atoms with Gasteiger partial charge in [0.05, 0.1) is 6.61 Å². The van der Waals surface area contributed by atoms with Crippen LogP contribution in [-0.2, 0) is 6.42 Å². The quantitative estimate of drug-likeness (QED) is 0.780. The molecule has 1 aliphatic rings. The number of hydrogen-bond donors (Lipinski definition) is 1. The summed E-state index contributed by atoms with van der Waals surface area (Å²) in [6.45, 7) is 5.92. The maximum absolute atomic E-state index is 13.9. The Kier molecular flexibility index (Phi) is 5.80. The number of nitrogens with zero attached hydrogens (tertiary/aromatic N) is 1. The molecule has 0 aliphatic carbocycles. The molecule has 1 heterocycles. The van der Waals surface area contributed by atoms with Crippen LogP contribution >= 0.6 is 0 Å². The molecule has 1 unspecified atom stereocenters. The maximum Gasteiger partial charge on any atom is 0.165 e. The summed E-state index contributed by atoms with van der Waals surface area (Å²) in [5, 5.41) is 0. The summed E-state index contributed by atoms with van der Waals surface area (Å²) in [4.78, 5) is 2.44. The van der Waals surface area contributed by atoms with Crippen molar-refractivity contribution in [3.63, 3.8) is 0 Å². The van der Waals surface area contributed by atoms with Gasteiger partial charge in [-0.2, -0.15) is 0 Å². The number of likely N-dealkylation sites (tertiary alicyclic amines) is 1. The van der Waals surface area contributed by atoms with Gasteiger partial charge in [-0.3, -0.25) is 0 Å². The van der Waals surface area contributed by atoms with E-state index in [0.717, 1.165) is 18.5 Å². The molecule has 2 rings (SSSR count). The smallest absolute Gasteiger partial charge is 0.165 e. The Hall–Kier alpha value is -1.13. The molecule has 0 saturated carbocycles. The zero-order valence-electron chi connectivity index (χ0n) is 12.3. The third-order valence-electron chi connectivity index (χ3n) is 3.63. The lowest BCUT2D eigenvalue weighted by Crippen LogP contribution is -2.22. The molecule has 1 atom stereocenters. The molecule has 0 radical (unpaired) electrons. The van der Waals surface area contributed by atoms with E-state index in [1.807, 2.05) is 13.0 Å². The molecular weight excluding hydrogens is 255 g/mol. The summed E-state index contributed by atoms with van der Waals surface area (Å²) in [6.07, 6.45) is 4.24. The van der Waals surface area contributed by atoms with Gasteiger partial charge in [-0.15, -0.1) is 0 Å². The molecule has 0 amide bonds. The molecule has 1 aliphatic heterocycles. The summed E-state index contributed by atoms with van der Waals surface area (Å²) in [6, 6.07) is 5.17. The molecule has 0 spiro atoms. The minimum Gasteiger partial charge on any atom is -0.490 e. The summed E-state index contributed by atoms with van der Waals surface area (Å²) < 4.78 is 19.4. The number of rotatable bonds is 7. The van der Waals surface area contributed by atoms with Gasteiger partial charge < -0.3 is 15.4 Å². The molecule has 0 aromatic heterocycles. The van der Waals surface area contributed by atoms with Gasteiger partial charge in [0.25, 0.3) is 0 Å². The van der Waals surface area contributed by atoms with Crippen molar-refractivity contribution >= 4 is 0 Å². The van der Waals surface area contributed by atoms with E-state index in [9.17, 15) is 4.39 Å². The van der Waals surface area contributed by atoms with Gasteiger partial charge in [0.1, 0.15) is 0 Å². The molecular formula is C16H25FN2O. The van der Waals surface area contributed by atoms with E-state index < -0.39 is 0 Å². The highest BCUT2D eigenvalue weighted by Gasteiger charge is 2.11. The van der Waals surface area contributed by atoms with E-state index in [4.69, 9.17) is 10.5 Å². The zero-order valence-corrected chi connectivity index (χ0v) is 12.3. The fourth-order valence-electron chi connectivity index (χ4n) is 2.64. The normalized spacial score (nSPS) is 17.4. The zero-order chi connectivity index (χ0) is 14.4. The minimum absolute atomic E-state index is 0.0432. The first-order valence-corrected chi connectivity index (χ1v) is 7.54. The molecule has 4 heteroatoms. The Labute approximate surface area is 120 Å². The largest absolute Gasteiger partial charge is 0.490 e. The van der Waals surface area contributed by atoms with E-state index in [1.54, 1.807) is 6.07 Å². The molecule has 1 saturated heterocycles. The number of nitrogens with two attached hydrogens (primary N) is 1. The molecule has 112 valence electrons. The fraction of sp³-hybridized carbons (Fsp3) is 0.625. The average molecular weight is 280 g/mol. The van der Waals surface area contributed by atoms with Crippen molar-refractivity contribution in [3.05, 3.63) is 29.6 Å². The molecule has 0 bridgehead atoms. The third kappa shape index (κ3) is 4.76. The Balaban J connectivity index is 1.74. The summed E-state index contributed by atoms with van der Waals surface area (Å²) >= 11 is 0. The van der Waals surface area contributed by atoms with Crippen molar-refractivity contribution in [1.82, 2.24) is 4.90 Å². The lowest BCUT2D eigenvalue weighted by molar-refractivity contribution is 0.255. The Bertz CT molecular complexity index is 417. The standard InChI is InChI=1S/C16H25FN2O/c1-13(18)11-14-5-6-16(15(17)12-14)20-10-4-9-19-7-2-3-8-19/h5-6,12-13H,2-4,7-11,18H2,1H3. The van der Waals surface area contributed by atoms with Crippen LogP contribution in [0.25, 0.3) is 0 Å². The van der Waals surface area contributed by atoms with Crippen LogP contribution in [-0.4, -0.2) is 37.2 Å². The fourth-order valence-corrected chi connectivity index (χ4v) is 2.64. The first-order chi connectivity index (χ1) is 9.65. The molecule has 3 nitrogen and oxygen atoms in total. The lowest BCUT2D eigenvalue weighted by atomic mass is 10.1. The van der Waals surface area contributed by atoms with Gasteiger partial charge in [-0.1, -0.05) is 6.07 Å². The Morgan fingerprint density at radius 3 is 2.75 bits per heavy atom. The van der Waals surface area contributed by atoms with Crippen molar-refractivity contribution in [2.45, 2.75) is 38.6 Å². The predicted molar refractivity (Wildman–Crippen MR) is 79.5 cm³/mol. The first kappa shape index (κ1) is 15.3. The van der Waals surface area contributed by atoms with E-state index in [-0.39, 0.29) is 11.9 Å². The summed E-state index contributed by atoms with van der Waals surface area (Å²) in [5.74, 6) is 0.0594. The SMILES string of the molecule is CC(N)Cc1ccc(OCCCN2CCCC2)c(F)c1. The molecule has 1 aromatic rings. The van der Waals surface area contributed by atoms with Crippen LogP contribution in [0.1, 0.15) is 31.7 Å². The van der Waals surface area contributed by atoms with Crippen LogP contribution in [0.5, 0.6) is 5.75 Å². The second-order valence-electron chi connectivity index (χ2n) is 5.70. The van der Waals surface area contributed by atoms with Crippen LogP contribution in [0.4, 0.5) is 4.39 Å². The molecule has 1 fully saturated rings. The highest BCUT2D eigenvalue weighted by atomic mass is 19.1. The highest BCUT2D eigenvalue weighted by molar-refractivity contribution is 5.29. The molecule has 1 aromatic carbocycles. The van der Waals surface area contributed by atoms with E-state index in [1.165, 1.54) is 32.0 Å². The Morgan fingerprint density at radius 2 is 2.10 bits per heavy atom. The number of hydrogen-bond acceptors (Lipinski definition) is 3. The third-order valence-corrected chi connectivity index (χ3v) is 3.63. The van der Waals surface area contributed by atoms with Crippen molar-refractivity contribution in [1.29, 1.82) is 0 Å². The van der Waals surface area contributed by atoms with Crippen LogP contribution in [0.3, 0.4) is 0 Å². The second kappa shape index (κ2) is 7.60. The predicted octanol–water partition coefficient (Wildman–Crippen LogP) is 2.58. The van der Waals surface area contributed by atoms with Gasteiger partial charge in [0, 0.05) is 12.6 Å². The van der Waals surface area contributed by atoms with Gasteiger partial charge in [0.2, 0.25) is 0 Å². The van der Waals surface area contributed by atoms with Crippen molar-refractivity contribution < 1.29 is 9.13 Å². The van der Waals surface area contributed by atoms with E-state index in [2.05, 4.69) is 4.90 Å². The summed E-state index contributed by atoms with van der Waals surface area (Å²) in [7, 11) is 0. The highest BCUT2D eigenvalue weighted by Crippen LogP contribution is 2.19. The number of halogens is 1. The lowest BCUT2D eigenvalue weighted by Gasteiger charge is -2.15. The van der Waals surface area contributed by atoms with Crippen molar-refractivity contribution in [3.8, 4) is 5.75 Å². The average Bonchev–Trinajstić information content (AvgIpc) is 2.89. The van der Waals surface area contributed by atoms with E-state index >= 15 is 0 Å². The summed E-state index contributed by atoms with van der Waals surface area (Å²) in [5.41, 5.74) is 6.63. The molecule has 2 N–H and O–H groups in total. The monoisotopic (exact) mass is 280 g/mol. The number of ether oxygens (including phenoxy) is 1. The van der Waals surface area contributed by atoms with Crippen molar-refractivity contribution in [2.24, 2.45) is 5.73 Å². The Morgan fingerprint density at radius 1 is 1.35 bits per heavy atom. The molecule has 20 heavy (non-hydrogen) atoms. The van der Waals surface area contributed by atoms with Gasteiger partial charge >= 0.3 is 0 Å². The number of benzene rings is 1. The van der Waals surface area contributed by atoms with Gasteiger partial charge in [-0.05, 0) is 63.4 Å². The van der Waals surface area contributed by atoms with E-state index in [0.29, 0.717) is 18.8 Å². The second-order valence-corrected chi connectivity index (χ2v) is 5.70. The van der Waals surface area contributed by atoms with Crippen LogP contribution in [0.2, 0.25) is 0 Å². The van der Waals surface area contributed by atoms with Crippen LogP contribution in [0.15, 0.2) is 18.2 Å². The topological polar surface area (TPSA) is 38.5 Å². The first-order valence-electron chi connectivity index (χ1n) is 7.54. The van der Waals surface area contributed by atoms with Crippen LogP contribution < -0.4 is 10.5 Å². The van der Waals surface area contributed by atoms with Crippen LogP contribution in [0, 0.1) is 5.82 Å². The van der Waals surface area contributed by atoms with Crippen molar-refractivity contribution in [2.75, 3.05) is 26.2 Å². The maximum atomic E-state index is 13.9. The van der Waals surface area contributed by atoms with Gasteiger partial charge in [0.15, 0.2) is 11.6 Å². The van der Waals surface area contributed by atoms with Gasteiger partial charge in [-0.25, -0.2) is 4.39 Å². The minimum atomic E-state index is -0.288.